The molecule has 0 aliphatic heterocycles. The van der Waals surface area contributed by atoms with Gasteiger partial charge < -0.3 is 16.0 Å². The molecule has 5 nitrogen and oxygen atoms in total. The maximum Gasteiger partial charge on any atom is 0.226 e. The fourth-order valence-electron chi connectivity index (χ4n) is 2.72. The molecule has 2 rings (SSSR count). The number of rotatable bonds is 7. The third kappa shape index (κ3) is 7.93. The minimum absolute atomic E-state index is 0. The minimum atomic E-state index is -0.254. The predicted molar refractivity (Wildman–Crippen MR) is 133 cm³/mol. The normalized spacial score (nSPS) is 11.6. The predicted octanol–water partition coefficient (Wildman–Crippen LogP) is 4.68. The van der Waals surface area contributed by atoms with Gasteiger partial charge in [0.05, 0.1) is 0 Å². The second-order valence-corrected chi connectivity index (χ2v) is 8.01. The van der Waals surface area contributed by atoms with E-state index in [1.54, 1.807) is 19.2 Å². The fraction of sp³-hybridized carbons (Fsp3) is 0.391. The topological polar surface area (TPSA) is 65.5 Å². The van der Waals surface area contributed by atoms with Crippen LogP contribution in [0.1, 0.15) is 38.8 Å². The third-order valence-corrected chi connectivity index (χ3v) is 4.73. The van der Waals surface area contributed by atoms with Gasteiger partial charge in [-0.1, -0.05) is 52.0 Å². The number of nitrogens with one attached hydrogen (secondary N) is 3. The van der Waals surface area contributed by atoms with Gasteiger partial charge in [-0.15, -0.1) is 24.0 Å². The van der Waals surface area contributed by atoms with Gasteiger partial charge in [0.2, 0.25) is 5.91 Å². The molecule has 0 aliphatic carbocycles. The number of aliphatic imine (C=N–C) groups is 1. The Hall–Kier alpha value is -2.16. The summed E-state index contributed by atoms with van der Waals surface area (Å²) in [6.07, 6.45) is 0. The van der Waals surface area contributed by atoms with Gasteiger partial charge in [-0.25, -0.2) is 4.39 Å². The summed E-state index contributed by atoms with van der Waals surface area (Å²) >= 11 is 0. The van der Waals surface area contributed by atoms with Crippen molar-refractivity contribution in [2.75, 3.05) is 18.9 Å². The summed E-state index contributed by atoms with van der Waals surface area (Å²) < 4.78 is 13.5. The zero-order valence-electron chi connectivity index (χ0n) is 18.3. The van der Waals surface area contributed by atoms with Crippen LogP contribution in [0.2, 0.25) is 0 Å². The van der Waals surface area contributed by atoms with Gasteiger partial charge in [0.1, 0.15) is 5.82 Å². The molecule has 2 aromatic rings. The standard InChI is InChI=1S/C23H31FN4O.HI/c1-16(2)21(29)28-20-11-9-17(10-12-20)14-26-22(25-5)27-15-23(3,4)18-7-6-8-19(24)13-18;/h6-13,16H,14-15H2,1-5H3,(H,28,29)(H2,25,26,27);1H. The molecule has 2 aromatic carbocycles. The first-order chi connectivity index (χ1) is 13.7. The quantitative estimate of drug-likeness (QED) is 0.279. The molecule has 0 aliphatic rings. The number of carbonyl (C=O) groups is 1. The second-order valence-electron chi connectivity index (χ2n) is 8.01. The number of hydrogen-bond donors (Lipinski definition) is 3. The number of anilines is 1. The molecule has 7 heteroatoms. The van der Waals surface area contributed by atoms with E-state index in [1.165, 1.54) is 6.07 Å². The van der Waals surface area contributed by atoms with E-state index in [0.717, 1.165) is 16.8 Å². The number of guanidine groups is 1. The number of carbonyl (C=O) groups excluding carboxylic acids is 1. The molecule has 0 heterocycles. The van der Waals surface area contributed by atoms with Gasteiger partial charge in [0.25, 0.3) is 0 Å². The molecule has 0 saturated carbocycles. The molecule has 0 bridgehead atoms. The van der Waals surface area contributed by atoms with Gasteiger partial charge in [0, 0.05) is 37.2 Å². The SMILES string of the molecule is CN=C(NCc1ccc(NC(=O)C(C)C)cc1)NCC(C)(C)c1cccc(F)c1.I. The monoisotopic (exact) mass is 526 g/mol. The van der Waals surface area contributed by atoms with Crippen LogP contribution in [-0.2, 0) is 16.8 Å². The minimum Gasteiger partial charge on any atom is -0.356 e. The molecule has 30 heavy (non-hydrogen) atoms. The summed E-state index contributed by atoms with van der Waals surface area (Å²) in [5.74, 6) is 0.390. The van der Waals surface area contributed by atoms with Crippen molar-refractivity contribution >= 4 is 41.5 Å². The largest absolute Gasteiger partial charge is 0.356 e. The van der Waals surface area contributed by atoms with E-state index in [1.807, 2.05) is 44.2 Å². The maximum atomic E-state index is 13.5. The Bertz CT molecular complexity index is 851. The molecule has 0 spiro atoms. The van der Waals surface area contributed by atoms with Crippen molar-refractivity contribution in [3.05, 3.63) is 65.5 Å². The molecule has 0 atom stereocenters. The molecule has 0 aromatic heterocycles. The van der Waals surface area contributed by atoms with E-state index in [-0.39, 0.29) is 47.0 Å². The number of halogens is 2. The summed E-state index contributed by atoms with van der Waals surface area (Å²) in [7, 11) is 1.72. The van der Waals surface area contributed by atoms with Crippen LogP contribution in [0.5, 0.6) is 0 Å². The van der Waals surface area contributed by atoms with Crippen LogP contribution < -0.4 is 16.0 Å². The van der Waals surface area contributed by atoms with E-state index in [4.69, 9.17) is 0 Å². The molecule has 0 unspecified atom stereocenters. The molecule has 0 saturated heterocycles. The van der Waals surface area contributed by atoms with Crippen molar-refractivity contribution in [2.45, 2.75) is 39.7 Å². The van der Waals surface area contributed by atoms with Crippen LogP contribution in [-0.4, -0.2) is 25.5 Å². The Labute approximate surface area is 196 Å². The molecule has 0 fully saturated rings. The lowest BCUT2D eigenvalue weighted by atomic mass is 9.84. The average Bonchev–Trinajstić information content (AvgIpc) is 2.69. The van der Waals surface area contributed by atoms with Crippen LogP contribution >= 0.6 is 24.0 Å². The number of benzene rings is 2. The molecule has 3 N–H and O–H groups in total. The number of hydrogen-bond acceptors (Lipinski definition) is 2. The van der Waals surface area contributed by atoms with Crippen LogP contribution in [0, 0.1) is 11.7 Å². The lowest BCUT2D eigenvalue weighted by Gasteiger charge is -2.27. The van der Waals surface area contributed by atoms with E-state index in [0.29, 0.717) is 19.0 Å². The highest BCUT2D eigenvalue weighted by molar-refractivity contribution is 14.0. The first-order valence-electron chi connectivity index (χ1n) is 9.81. The number of nitrogens with zero attached hydrogens (tertiary/aromatic N) is 1. The van der Waals surface area contributed by atoms with Crippen molar-refractivity contribution in [3.63, 3.8) is 0 Å². The maximum absolute atomic E-state index is 13.5. The van der Waals surface area contributed by atoms with Gasteiger partial charge in [-0.05, 0) is 35.4 Å². The summed E-state index contributed by atoms with van der Waals surface area (Å²) in [5, 5.41) is 9.46. The third-order valence-electron chi connectivity index (χ3n) is 4.73. The van der Waals surface area contributed by atoms with Gasteiger partial charge in [-0.3, -0.25) is 9.79 Å². The highest BCUT2D eigenvalue weighted by Crippen LogP contribution is 2.22. The summed E-state index contributed by atoms with van der Waals surface area (Å²) in [6.45, 7) is 9.05. The van der Waals surface area contributed by atoms with Crippen molar-refractivity contribution in [1.29, 1.82) is 0 Å². The van der Waals surface area contributed by atoms with Crippen molar-refractivity contribution in [1.82, 2.24) is 10.6 Å². The molecular formula is C23H32FIN4O. The Morgan fingerprint density at radius 2 is 1.77 bits per heavy atom. The first kappa shape index (κ1) is 25.9. The van der Waals surface area contributed by atoms with Crippen LogP contribution in [0.25, 0.3) is 0 Å². The molecule has 0 radical (unpaired) electrons. The Morgan fingerprint density at radius 1 is 1.10 bits per heavy atom. The highest BCUT2D eigenvalue weighted by Gasteiger charge is 2.21. The van der Waals surface area contributed by atoms with Gasteiger partial charge >= 0.3 is 0 Å². The first-order valence-corrected chi connectivity index (χ1v) is 9.81. The Balaban J connectivity index is 0.00000450. The van der Waals surface area contributed by atoms with Crippen molar-refractivity contribution in [3.8, 4) is 0 Å². The lowest BCUT2D eigenvalue weighted by molar-refractivity contribution is -0.118. The highest BCUT2D eigenvalue weighted by atomic mass is 127. The number of amides is 1. The smallest absolute Gasteiger partial charge is 0.226 e. The average molecular weight is 526 g/mol. The van der Waals surface area contributed by atoms with E-state index >= 15 is 0 Å². The van der Waals surface area contributed by atoms with E-state index < -0.39 is 0 Å². The summed E-state index contributed by atoms with van der Waals surface area (Å²) in [4.78, 5) is 16.0. The van der Waals surface area contributed by atoms with Crippen LogP contribution in [0.4, 0.5) is 10.1 Å². The Kier molecular flexibility index (Phi) is 10.2. The van der Waals surface area contributed by atoms with E-state index in [9.17, 15) is 9.18 Å². The zero-order valence-corrected chi connectivity index (χ0v) is 20.6. The molecule has 1 amide bonds. The zero-order chi connectivity index (χ0) is 21.4. The summed E-state index contributed by atoms with van der Waals surface area (Å²) in [6, 6.07) is 14.4. The van der Waals surface area contributed by atoms with Crippen LogP contribution in [0.15, 0.2) is 53.5 Å². The molecule has 164 valence electrons. The lowest BCUT2D eigenvalue weighted by Crippen LogP contribution is -2.43. The molecular weight excluding hydrogens is 494 g/mol. The second kappa shape index (κ2) is 11.9. The van der Waals surface area contributed by atoms with Crippen LogP contribution in [0.3, 0.4) is 0 Å². The van der Waals surface area contributed by atoms with E-state index in [2.05, 4.69) is 34.8 Å². The summed E-state index contributed by atoms with van der Waals surface area (Å²) in [5.41, 5.74) is 2.53. The van der Waals surface area contributed by atoms with Crippen molar-refractivity contribution < 1.29 is 9.18 Å². The van der Waals surface area contributed by atoms with Crippen molar-refractivity contribution in [2.24, 2.45) is 10.9 Å². The van der Waals surface area contributed by atoms with Gasteiger partial charge in [-0.2, -0.15) is 0 Å². The van der Waals surface area contributed by atoms with Gasteiger partial charge in [0.15, 0.2) is 5.96 Å². The fourth-order valence-corrected chi connectivity index (χ4v) is 2.72. The Morgan fingerprint density at radius 3 is 2.33 bits per heavy atom.